The number of hydrogen-bond donors (Lipinski definition) is 2. The molecule has 0 aromatic carbocycles. The number of ether oxygens (including phenoxy) is 1. The monoisotopic (exact) mass is 416 g/mol. The van der Waals surface area contributed by atoms with Gasteiger partial charge in [-0.05, 0) is 17.7 Å². The number of hydrogen-bond acceptors (Lipinski definition) is 4. The van der Waals surface area contributed by atoms with E-state index in [1.165, 1.54) is 0 Å². The van der Waals surface area contributed by atoms with E-state index in [2.05, 4.69) is 25.6 Å². The van der Waals surface area contributed by atoms with Crippen LogP contribution < -0.4 is 10.6 Å². The molecule has 2 N–H and O–H groups in total. The lowest BCUT2D eigenvalue weighted by atomic mass is 10.2. The fourth-order valence-electron chi connectivity index (χ4n) is 1.78. The van der Waals surface area contributed by atoms with E-state index in [9.17, 15) is 0 Å². The summed E-state index contributed by atoms with van der Waals surface area (Å²) in [5.74, 6) is 1.59. The quantitative estimate of drug-likeness (QED) is 0.320. The van der Waals surface area contributed by atoms with E-state index in [0.717, 1.165) is 17.3 Å². The molecule has 0 aliphatic carbocycles. The van der Waals surface area contributed by atoms with E-state index in [4.69, 9.17) is 4.74 Å². The fraction of sp³-hybridized carbons (Fsp3) is 0.357. The second kappa shape index (κ2) is 10.1. The van der Waals surface area contributed by atoms with Crippen LogP contribution in [0.5, 0.6) is 0 Å². The van der Waals surface area contributed by atoms with Gasteiger partial charge in [0, 0.05) is 45.8 Å². The molecule has 7 nitrogen and oxygen atoms in total. The molecule has 2 heterocycles. The van der Waals surface area contributed by atoms with Crippen LogP contribution >= 0.6 is 24.0 Å². The number of imidazole rings is 1. The third kappa shape index (κ3) is 5.60. The number of halogens is 1. The van der Waals surface area contributed by atoms with Crippen molar-refractivity contribution in [2.75, 3.05) is 27.3 Å². The Bertz CT molecular complexity index is 572. The number of guanidine groups is 1. The highest BCUT2D eigenvalue weighted by Crippen LogP contribution is 2.06. The summed E-state index contributed by atoms with van der Waals surface area (Å²) in [4.78, 5) is 12.5. The molecule has 0 unspecified atom stereocenters. The van der Waals surface area contributed by atoms with E-state index < -0.39 is 0 Å². The van der Waals surface area contributed by atoms with Crippen LogP contribution in [0.25, 0.3) is 5.82 Å². The van der Waals surface area contributed by atoms with Crippen molar-refractivity contribution in [2.45, 2.75) is 6.54 Å². The van der Waals surface area contributed by atoms with Crippen molar-refractivity contribution in [3.05, 3.63) is 42.6 Å². The van der Waals surface area contributed by atoms with Crippen LogP contribution in [0.2, 0.25) is 0 Å². The third-order valence-electron chi connectivity index (χ3n) is 2.86. The number of rotatable bonds is 6. The van der Waals surface area contributed by atoms with Crippen molar-refractivity contribution in [2.24, 2.45) is 4.99 Å². The maximum absolute atomic E-state index is 4.99. The van der Waals surface area contributed by atoms with Crippen molar-refractivity contribution in [3.63, 3.8) is 0 Å². The topological polar surface area (TPSA) is 76.4 Å². The van der Waals surface area contributed by atoms with Gasteiger partial charge in [0.2, 0.25) is 0 Å². The van der Waals surface area contributed by atoms with Gasteiger partial charge < -0.3 is 15.4 Å². The molecule has 2 rings (SSSR count). The molecule has 22 heavy (non-hydrogen) atoms. The van der Waals surface area contributed by atoms with E-state index >= 15 is 0 Å². The van der Waals surface area contributed by atoms with Crippen molar-refractivity contribution < 1.29 is 4.74 Å². The minimum atomic E-state index is 0. The summed E-state index contributed by atoms with van der Waals surface area (Å²) in [6, 6.07) is 3.98. The molecule has 0 spiro atoms. The maximum atomic E-state index is 4.99. The summed E-state index contributed by atoms with van der Waals surface area (Å²) in [6.45, 7) is 2.02. The Morgan fingerprint density at radius 1 is 1.36 bits per heavy atom. The van der Waals surface area contributed by atoms with E-state index in [-0.39, 0.29) is 24.0 Å². The van der Waals surface area contributed by atoms with Gasteiger partial charge in [-0.25, -0.2) is 9.97 Å². The third-order valence-corrected chi connectivity index (χ3v) is 2.86. The molecule has 0 radical (unpaired) electrons. The molecule has 120 valence electrons. The van der Waals surface area contributed by atoms with Crippen LogP contribution in [0, 0.1) is 0 Å². The number of pyridine rings is 1. The summed E-state index contributed by atoms with van der Waals surface area (Å²) >= 11 is 0. The minimum Gasteiger partial charge on any atom is -0.383 e. The van der Waals surface area contributed by atoms with Crippen LogP contribution in [-0.4, -0.2) is 47.8 Å². The van der Waals surface area contributed by atoms with E-state index in [0.29, 0.717) is 19.7 Å². The first kappa shape index (κ1) is 18.4. The summed E-state index contributed by atoms with van der Waals surface area (Å²) < 4.78 is 6.86. The first-order chi connectivity index (χ1) is 10.3. The van der Waals surface area contributed by atoms with Crippen molar-refractivity contribution in [3.8, 4) is 5.82 Å². The summed E-state index contributed by atoms with van der Waals surface area (Å²) in [5, 5.41) is 6.41. The lowest BCUT2D eigenvalue weighted by Gasteiger charge is -2.12. The first-order valence-electron chi connectivity index (χ1n) is 6.70. The average molecular weight is 416 g/mol. The number of nitrogens with zero attached hydrogens (tertiary/aromatic N) is 4. The molecule has 0 amide bonds. The van der Waals surface area contributed by atoms with Crippen molar-refractivity contribution >= 4 is 29.9 Å². The molecule has 0 bridgehead atoms. The highest BCUT2D eigenvalue weighted by atomic mass is 127. The normalized spacial score (nSPS) is 10.9. The van der Waals surface area contributed by atoms with Crippen LogP contribution in [0.3, 0.4) is 0 Å². The molecule has 2 aromatic heterocycles. The summed E-state index contributed by atoms with van der Waals surface area (Å²) in [7, 11) is 3.41. The molecular weight excluding hydrogens is 395 g/mol. The Morgan fingerprint density at radius 2 is 2.23 bits per heavy atom. The second-order valence-electron chi connectivity index (χ2n) is 4.34. The Kier molecular flexibility index (Phi) is 8.44. The zero-order chi connectivity index (χ0) is 14.9. The van der Waals surface area contributed by atoms with Crippen molar-refractivity contribution in [1.29, 1.82) is 0 Å². The predicted octanol–water partition coefficient (Wildman–Crippen LogP) is 1.20. The van der Waals surface area contributed by atoms with Gasteiger partial charge in [0.15, 0.2) is 5.96 Å². The van der Waals surface area contributed by atoms with Crippen LogP contribution in [0.1, 0.15) is 5.56 Å². The van der Waals surface area contributed by atoms with Crippen LogP contribution in [0.4, 0.5) is 0 Å². The number of nitrogens with one attached hydrogen (secondary N) is 2. The molecule has 0 aliphatic rings. The zero-order valence-corrected chi connectivity index (χ0v) is 15.0. The van der Waals surface area contributed by atoms with Gasteiger partial charge in [0.25, 0.3) is 0 Å². The van der Waals surface area contributed by atoms with Gasteiger partial charge in [0.1, 0.15) is 12.1 Å². The lowest BCUT2D eigenvalue weighted by Crippen LogP contribution is -2.38. The molecule has 0 saturated carbocycles. The largest absolute Gasteiger partial charge is 0.383 e. The van der Waals surface area contributed by atoms with Crippen LogP contribution in [-0.2, 0) is 11.3 Å². The Balaban J connectivity index is 0.00000242. The molecular formula is C14H21IN6O. The minimum absolute atomic E-state index is 0. The standard InChI is InChI=1S/C14H20N6O.HI/c1-15-14(18-6-8-21-2)19-10-12-3-4-17-13(9-12)20-7-5-16-11-20;/h3-5,7,9,11H,6,8,10H2,1-2H3,(H2,15,18,19);1H. The van der Waals surface area contributed by atoms with Gasteiger partial charge in [-0.2, -0.15) is 0 Å². The van der Waals surface area contributed by atoms with Crippen molar-refractivity contribution in [1.82, 2.24) is 25.2 Å². The van der Waals surface area contributed by atoms with Gasteiger partial charge in [-0.3, -0.25) is 9.56 Å². The molecule has 0 aliphatic heterocycles. The SMILES string of the molecule is CN=C(NCCOC)NCc1ccnc(-n2ccnc2)c1.I. The fourth-order valence-corrected chi connectivity index (χ4v) is 1.78. The second-order valence-corrected chi connectivity index (χ2v) is 4.34. The summed E-state index contributed by atoms with van der Waals surface area (Å²) in [6.07, 6.45) is 7.11. The van der Waals surface area contributed by atoms with Gasteiger partial charge in [0.05, 0.1) is 6.61 Å². The van der Waals surface area contributed by atoms with Gasteiger partial charge in [-0.15, -0.1) is 24.0 Å². The average Bonchev–Trinajstić information content (AvgIpc) is 3.05. The Hall–Kier alpha value is -1.68. The van der Waals surface area contributed by atoms with Gasteiger partial charge in [-0.1, -0.05) is 0 Å². The van der Waals surface area contributed by atoms with Crippen LogP contribution in [0.15, 0.2) is 42.0 Å². The maximum Gasteiger partial charge on any atom is 0.191 e. The molecule has 0 atom stereocenters. The summed E-state index contributed by atoms with van der Waals surface area (Å²) in [5.41, 5.74) is 1.11. The smallest absolute Gasteiger partial charge is 0.191 e. The Morgan fingerprint density at radius 3 is 2.91 bits per heavy atom. The predicted molar refractivity (Wildman–Crippen MR) is 96.9 cm³/mol. The number of aromatic nitrogens is 3. The zero-order valence-electron chi connectivity index (χ0n) is 12.7. The highest BCUT2D eigenvalue weighted by Gasteiger charge is 2.01. The number of methoxy groups -OCH3 is 1. The molecule has 0 fully saturated rings. The van der Waals surface area contributed by atoms with E-state index in [1.54, 1.807) is 32.9 Å². The Labute approximate surface area is 147 Å². The molecule has 8 heteroatoms. The van der Waals surface area contributed by atoms with E-state index in [1.807, 2.05) is 22.9 Å². The van der Waals surface area contributed by atoms with Gasteiger partial charge >= 0.3 is 0 Å². The highest BCUT2D eigenvalue weighted by molar-refractivity contribution is 14.0. The molecule has 0 saturated heterocycles. The first-order valence-corrected chi connectivity index (χ1v) is 6.70. The molecule has 2 aromatic rings. The lowest BCUT2D eigenvalue weighted by molar-refractivity contribution is 0.203. The number of aliphatic imine (C=N–C) groups is 1.